The molecule has 0 aliphatic carbocycles. The molecule has 6 heteroatoms. The van der Waals surface area contributed by atoms with Crippen LogP contribution in [0.3, 0.4) is 0 Å². The van der Waals surface area contributed by atoms with Crippen molar-refractivity contribution >= 4 is 37.5 Å². The number of rotatable bonds is 1. The molecular weight excluding hydrogens is 302 g/mol. The highest BCUT2D eigenvalue weighted by atomic mass is 79.9. The van der Waals surface area contributed by atoms with Gasteiger partial charge in [-0.15, -0.1) is 0 Å². The Bertz CT molecular complexity index is 454. The number of hydrogen-bond acceptors (Lipinski definition) is 3. The van der Waals surface area contributed by atoms with Gasteiger partial charge in [0.25, 0.3) is 0 Å². The van der Waals surface area contributed by atoms with Crippen molar-refractivity contribution in [1.29, 1.82) is 0 Å². The zero-order chi connectivity index (χ0) is 9.42. The zero-order valence-corrected chi connectivity index (χ0v) is 9.58. The molecule has 0 saturated carbocycles. The van der Waals surface area contributed by atoms with Crippen molar-refractivity contribution in [2.45, 2.75) is 6.61 Å². The molecule has 0 saturated heterocycles. The van der Waals surface area contributed by atoms with Crippen molar-refractivity contribution in [3.8, 4) is 0 Å². The first-order valence-electron chi connectivity index (χ1n) is 3.51. The van der Waals surface area contributed by atoms with Gasteiger partial charge in [0.05, 0.1) is 12.3 Å². The fourth-order valence-electron chi connectivity index (χ4n) is 1.06. The fraction of sp³-hybridized carbons (Fsp3) is 0.143. The van der Waals surface area contributed by atoms with Crippen molar-refractivity contribution < 1.29 is 5.11 Å². The van der Waals surface area contributed by atoms with Crippen LogP contribution in [-0.2, 0) is 6.61 Å². The summed E-state index contributed by atoms with van der Waals surface area (Å²) in [6.07, 6.45) is 3.54. The Hall–Kier alpha value is -0.460. The summed E-state index contributed by atoms with van der Waals surface area (Å²) < 4.78 is 3.17. The maximum atomic E-state index is 8.88. The number of fused-ring (bicyclic) bond motifs is 1. The number of halogens is 2. The molecule has 0 aliphatic rings. The molecule has 0 bridgehead atoms. The Kier molecular flexibility index (Phi) is 2.35. The summed E-state index contributed by atoms with van der Waals surface area (Å²) in [5.74, 6) is 0. The molecule has 2 heterocycles. The van der Waals surface area contributed by atoms with Crippen LogP contribution in [-0.4, -0.2) is 19.5 Å². The lowest BCUT2D eigenvalue weighted by Gasteiger charge is -1.95. The van der Waals surface area contributed by atoms with Crippen LogP contribution < -0.4 is 0 Å². The van der Waals surface area contributed by atoms with Crippen LogP contribution in [0.15, 0.2) is 21.6 Å². The van der Waals surface area contributed by atoms with Crippen molar-refractivity contribution in [1.82, 2.24) is 14.4 Å². The number of imidazole rings is 1. The summed E-state index contributed by atoms with van der Waals surface area (Å²) in [7, 11) is 0. The maximum absolute atomic E-state index is 8.88. The molecule has 2 aromatic heterocycles. The maximum Gasteiger partial charge on any atom is 0.170 e. The van der Waals surface area contributed by atoms with Crippen LogP contribution in [0.25, 0.3) is 5.65 Å². The minimum absolute atomic E-state index is 0.0638. The molecule has 0 spiro atoms. The number of aromatic nitrogens is 3. The van der Waals surface area contributed by atoms with Crippen molar-refractivity contribution in [2.75, 3.05) is 0 Å². The molecule has 0 atom stereocenters. The molecule has 0 fully saturated rings. The van der Waals surface area contributed by atoms with Gasteiger partial charge in [0.1, 0.15) is 4.60 Å². The molecular formula is C7H5Br2N3O. The molecule has 2 aromatic rings. The summed E-state index contributed by atoms with van der Waals surface area (Å²) in [5.41, 5.74) is 1.33. The summed E-state index contributed by atoms with van der Waals surface area (Å²) in [5, 5.41) is 8.88. The first-order chi connectivity index (χ1) is 6.20. The largest absolute Gasteiger partial charge is 0.390 e. The number of nitrogens with zero attached hydrogens (tertiary/aromatic N) is 3. The predicted molar refractivity (Wildman–Crippen MR) is 54.3 cm³/mol. The Labute approximate surface area is 90.9 Å². The van der Waals surface area contributed by atoms with Gasteiger partial charge in [0, 0.05) is 12.4 Å². The highest BCUT2D eigenvalue weighted by molar-refractivity contribution is 9.11. The van der Waals surface area contributed by atoms with E-state index in [0.717, 1.165) is 0 Å². The Morgan fingerprint density at radius 2 is 2.08 bits per heavy atom. The second kappa shape index (κ2) is 3.36. The van der Waals surface area contributed by atoms with E-state index in [2.05, 4.69) is 41.8 Å². The highest BCUT2D eigenvalue weighted by Crippen LogP contribution is 2.18. The van der Waals surface area contributed by atoms with E-state index in [0.29, 0.717) is 20.5 Å². The Balaban J connectivity index is 2.75. The van der Waals surface area contributed by atoms with Gasteiger partial charge in [-0.05, 0) is 31.9 Å². The van der Waals surface area contributed by atoms with Crippen LogP contribution in [0.5, 0.6) is 0 Å². The summed E-state index contributed by atoms with van der Waals surface area (Å²) in [6.45, 7) is -0.0638. The number of hydrogen-bond donors (Lipinski definition) is 1. The van der Waals surface area contributed by atoms with E-state index < -0.39 is 0 Å². The lowest BCUT2D eigenvalue weighted by atomic mass is 10.5. The van der Waals surface area contributed by atoms with E-state index in [-0.39, 0.29) is 6.61 Å². The van der Waals surface area contributed by atoms with Crippen molar-refractivity contribution in [2.24, 2.45) is 0 Å². The molecule has 2 rings (SSSR count). The van der Waals surface area contributed by atoms with Crippen molar-refractivity contribution in [3.05, 3.63) is 27.3 Å². The van der Waals surface area contributed by atoms with Crippen LogP contribution in [0, 0.1) is 0 Å². The monoisotopic (exact) mass is 305 g/mol. The SMILES string of the molecule is OCc1cn2cc(Br)nc(Br)c2n1. The molecule has 0 aromatic carbocycles. The normalized spacial score (nSPS) is 11.0. The van der Waals surface area contributed by atoms with E-state index in [1.54, 1.807) is 16.8 Å². The van der Waals surface area contributed by atoms with Crippen LogP contribution in [0.4, 0.5) is 0 Å². The van der Waals surface area contributed by atoms with E-state index in [1.807, 2.05) is 0 Å². The summed E-state index contributed by atoms with van der Waals surface area (Å²) >= 11 is 6.55. The predicted octanol–water partition coefficient (Wildman–Crippen LogP) is 1.75. The standard InChI is InChI=1S/C7H5Br2N3O/c8-5-2-12-1-4(3-13)10-7(12)6(9)11-5/h1-2,13H,3H2. The van der Waals surface area contributed by atoms with Gasteiger partial charge in [-0.1, -0.05) is 0 Å². The lowest BCUT2D eigenvalue weighted by molar-refractivity contribution is 0.277. The van der Waals surface area contributed by atoms with E-state index in [4.69, 9.17) is 5.11 Å². The van der Waals surface area contributed by atoms with Crippen LogP contribution in [0.1, 0.15) is 5.69 Å². The lowest BCUT2D eigenvalue weighted by Crippen LogP contribution is -1.88. The van der Waals surface area contributed by atoms with Crippen molar-refractivity contribution in [3.63, 3.8) is 0 Å². The second-order valence-electron chi connectivity index (χ2n) is 2.48. The molecule has 68 valence electrons. The Morgan fingerprint density at radius 1 is 1.31 bits per heavy atom. The third-order valence-electron chi connectivity index (χ3n) is 1.58. The molecule has 0 amide bonds. The average molecular weight is 307 g/mol. The summed E-state index contributed by atoms with van der Waals surface area (Å²) in [4.78, 5) is 8.27. The number of aliphatic hydroxyl groups is 1. The second-order valence-corrected chi connectivity index (χ2v) is 4.04. The molecule has 13 heavy (non-hydrogen) atoms. The zero-order valence-electron chi connectivity index (χ0n) is 6.41. The van der Waals surface area contributed by atoms with E-state index in [9.17, 15) is 0 Å². The van der Waals surface area contributed by atoms with Gasteiger partial charge < -0.3 is 9.51 Å². The molecule has 0 aliphatic heterocycles. The third-order valence-corrected chi connectivity index (χ3v) is 2.49. The number of aliphatic hydroxyl groups excluding tert-OH is 1. The highest BCUT2D eigenvalue weighted by Gasteiger charge is 2.06. The van der Waals surface area contributed by atoms with Crippen LogP contribution >= 0.6 is 31.9 Å². The van der Waals surface area contributed by atoms with Gasteiger partial charge in [-0.3, -0.25) is 0 Å². The third kappa shape index (κ3) is 1.61. The van der Waals surface area contributed by atoms with E-state index in [1.165, 1.54) is 0 Å². The molecule has 0 unspecified atom stereocenters. The molecule has 1 N–H and O–H groups in total. The van der Waals surface area contributed by atoms with Gasteiger partial charge in [-0.2, -0.15) is 0 Å². The summed E-state index contributed by atoms with van der Waals surface area (Å²) in [6, 6.07) is 0. The van der Waals surface area contributed by atoms with Gasteiger partial charge in [0.2, 0.25) is 0 Å². The average Bonchev–Trinajstić information content (AvgIpc) is 2.47. The fourth-order valence-corrected chi connectivity index (χ4v) is 2.18. The van der Waals surface area contributed by atoms with Crippen LogP contribution in [0.2, 0.25) is 0 Å². The first kappa shape index (κ1) is 9.11. The van der Waals surface area contributed by atoms with E-state index >= 15 is 0 Å². The topological polar surface area (TPSA) is 50.4 Å². The minimum Gasteiger partial charge on any atom is -0.390 e. The minimum atomic E-state index is -0.0638. The molecule has 0 radical (unpaired) electrons. The van der Waals surface area contributed by atoms with Gasteiger partial charge in [0.15, 0.2) is 10.3 Å². The Morgan fingerprint density at radius 3 is 2.77 bits per heavy atom. The first-order valence-corrected chi connectivity index (χ1v) is 5.10. The van der Waals surface area contributed by atoms with Gasteiger partial charge in [-0.25, -0.2) is 9.97 Å². The van der Waals surface area contributed by atoms with Gasteiger partial charge >= 0.3 is 0 Å². The molecule has 4 nitrogen and oxygen atoms in total. The quantitative estimate of drug-likeness (QED) is 0.873. The smallest absolute Gasteiger partial charge is 0.170 e.